The minimum Gasteiger partial charge on any atom is -0.481 e. The number of nitro groups is 1. The van der Waals surface area contributed by atoms with Crippen LogP contribution in [0.3, 0.4) is 0 Å². The Labute approximate surface area is 124 Å². The number of rotatable bonds is 3. The summed E-state index contributed by atoms with van der Waals surface area (Å²) in [4.78, 5) is 10.8. The van der Waals surface area contributed by atoms with E-state index in [-0.39, 0.29) is 23.0 Å². The molecule has 0 aliphatic heterocycles. The Morgan fingerprint density at radius 1 is 1.40 bits per heavy atom. The number of hydrogen-bond acceptors (Lipinski definition) is 3. The number of benzene rings is 1. The first kappa shape index (κ1) is 13.8. The number of nitrogens with zero attached hydrogens (tertiary/aromatic N) is 1. The zero-order valence-electron chi connectivity index (χ0n) is 10.9. The molecule has 6 heteroatoms. The lowest BCUT2D eigenvalue weighted by Crippen LogP contribution is -2.55. The van der Waals surface area contributed by atoms with Crippen molar-refractivity contribution < 1.29 is 14.1 Å². The molecule has 0 radical (unpaired) electrons. The van der Waals surface area contributed by atoms with Gasteiger partial charge in [-0.2, -0.15) is 0 Å². The second kappa shape index (κ2) is 4.98. The van der Waals surface area contributed by atoms with E-state index >= 15 is 0 Å². The average Bonchev–Trinajstić information content (AvgIpc) is 2.92. The van der Waals surface area contributed by atoms with Crippen LogP contribution in [0.1, 0.15) is 32.1 Å². The summed E-state index contributed by atoms with van der Waals surface area (Å²) in [5, 5.41) is 11.0. The molecular formula is C14H15BrFNO3. The molecule has 1 aromatic carbocycles. The molecule has 2 atom stereocenters. The molecule has 2 fully saturated rings. The highest BCUT2D eigenvalue weighted by atomic mass is 79.9. The molecule has 2 saturated carbocycles. The van der Waals surface area contributed by atoms with Gasteiger partial charge < -0.3 is 4.74 Å². The van der Waals surface area contributed by atoms with Crippen LogP contribution in [-0.2, 0) is 0 Å². The summed E-state index contributed by atoms with van der Waals surface area (Å²) in [7, 11) is 0. The standard InChI is InChI=1S/C14H15BrFNO3/c15-11-8-12(14(11)6-1-2-7-14)20-13-9(16)4-3-5-10(13)17(18)19/h3-5,11-12H,1-2,6-8H2. The second-order valence-electron chi connectivity index (χ2n) is 5.60. The second-order valence-corrected chi connectivity index (χ2v) is 6.70. The molecule has 3 rings (SSSR count). The first-order valence-electron chi connectivity index (χ1n) is 6.78. The predicted molar refractivity (Wildman–Crippen MR) is 75.7 cm³/mol. The largest absolute Gasteiger partial charge is 0.481 e. The third-order valence-electron chi connectivity index (χ3n) is 4.62. The Balaban J connectivity index is 1.87. The number of nitro benzene ring substituents is 1. The summed E-state index contributed by atoms with van der Waals surface area (Å²) in [6, 6.07) is 3.82. The number of hydrogen-bond donors (Lipinski definition) is 0. The molecule has 0 bridgehead atoms. The molecule has 0 saturated heterocycles. The quantitative estimate of drug-likeness (QED) is 0.469. The fourth-order valence-electron chi connectivity index (χ4n) is 3.43. The molecule has 0 aromatic heterocycles. The highest BCUT2D eigenvalue weighted by Crippen LogP contribution is 2.58. The third-order valence-corrected chi connectivity index (χ3v) is 5.91. The van der Waals surface area contributed by atoms with Gasteiger partial charge in [0, 0.05) is 16.3 Å². The van der Waals surface area contributed by atoms with Crippen LogP contribution >= 0.6 is 15.9 Å². The van der Waals surface area contributed by atoms with Crippen LogP contribution < -0.4 is 4.74 Å². The normalized spacial score (nSPS) is 27.3. The average molecular weight is 344 g/mol. The van der Waals surface area contributed by atoms with E-state index in [9.17, 15) is 14.5 Å². The molecule has 20 heavy (non-hydrogen) atoms. The number of para-hydroxylation sites is 1. The van der Waals surface area contributed by atoms with E-state index in [0.29, 0.717) is 4.83 Å². The molecule has 1 spiro atoms. The minimum atomic E-state index is -0.662. The van der Waals surface area contributed by atoms with Crippen molar-refractivity contribution in [1.29, 1.82) is 0 Å². The fourth-order valence-corrected chi connectivity index (χ4v) is 4.52. The van der Waals surface area contributed by atoms with Crippen LogP contribution in [0.4, 0.5) is 10.1 Å². The molecule has 0 N–H and O–H groups in total. The first-order valence-corrected chi connectivity index (χ1v) is 7.70. The molecule has 2 aliphatic carbocycles. The molecule has 2 unspecified atom stereocenters. The van der Waals surface area contributed by atoms with Gasteiger partial charge in [-0.05, 0) is 25.3 Å². The Hall–Kier alpha value is -1.17. The molecule has 2 aliphatic rings. The molecule has 108 valence electrons. The van der Waals surface area contributed by atoms with Crippen molar-refractivity contribution in [2.24, 2.45) is 5.41 Å². The van der Waals surface area contributed by atoms with E-state index in [1.54, 1.807) is 0 Å². The van der Waals surface area contributed by atoms with Gasteiger partial charge in [0.05, 0.1) is 4.92 Å². The monoisotopic (exact) mass is 343 g/mol. The van der Waals surface area contributed by atoms with Crippen molar-refractivity contribution in [3.63, 3.8) is 0 Å². The lowest BCUT2D eigenvalue weighted by Gasteiger charge is -2.51. The van der Waals surface area contributed by atoms with Gasteiger partial charge in [-0.1, -0.05) is 34.8 Å². The van der Waals surface area contributed by atoms with Crippen LogP contribution in [0.25, 0.3) is 0 Å². The van der Waals surface area contributed by atoms with Crippen molar-refractivity contribution >= 4 is 21.6 Å². The van der Waals surface area contributed by atoms with Gasteiger partial charge in [0.15, 0.2) is 5.82 Å². The summed E-state index contributed by atoms with van der Waals surface area (Å²) in [6.45, 7) is 0. The van der Waals surface area contributed by atoms with Gasteiger partial charge in [-0.25, -0.2) is 4.39 Å². The predicted octanol–water partition coefficient (Wildman–Crippen LogP) is 4.21. The van der Waals surface area contributed by atoms with E-state index in [0.717, 1.165) is 32.1 Å². The Bertz CT molecular complexity index is 545. The highest BCUT2D eigenvalue weighted by Gasteiger charge is 2.57. The van der Waals surface area contributed by atoms with Gasteiger partial charge in [0.2, 0.25) is 5.75 Å². The summed E-state index contributed by atoms with van der Waals surface area (Å²) in [5.74, 6) is -0.876. The number of ether oxygens (including phenoxy) is 1. The molecule has 0 amide bonds. The van der Waals surface area contributed by atoms with Crippen molar-refractivity contribution in [3.05, 3.63) is 34.1 Å². The highest BCUT2D eigenvalue weighted by molar-refractivity contribution is 9.09. The smallest absolute Gasteiger partial charge is 0.314 e. The molecular weight excluding hydrogens is 329 g/mol. The zero-order chi connectivity index (χ0) is 14.3. The Morgan fingerprint density at radius 2 is 2.10 bits per heavy atom. The number of alkyl halides is 1. The summed E-state index contributed by atoms with van der Waals surface area (Å²) >= 11 is 3.66. The maximum atomic E-state index is 13.9. The first-order chi connectivity index (χ1) is 9.54. The Morgan fingerprint density at radius 3 is 2.70 bits per heavy atom. The van der Waals surface area contributed by atoms with E-state index in [2.05, 4.69) is 15.9 Å². The molecule has 0 heterocycles. The SMILES string of the molecule is O=[N+]([O-])c1cccc(F)c1OC1CC(Br)C12CCCC2. The van der Waals surface area contributed by atoms with Crippen LogP contribution in [0.2, 0.25) is 0 Å². The lowest BCUT2D eigenvalue weighted by atomic mass is 9.64. The van der Waals surface area contributed by atoms with Gasteiger partial charge >= 0.3 is 5.69 Å². The molecule has 4 nitrogen and oxygen atoms in total. The van der Waals surface area contributed by atoms with E-state index in [1.165, 1.54) is 18.2 Å². The van der Waals surface area contributed by atoms with Gasteiger partial charge in [0.1, 0.15) is 6.10 Å². The van der Waals surface area contributed by atoms with Crippen LogP contribution in [-0.4, -0.2) is 15.9 Å². The lowest BCUT2D eigenvalue weighted by molar-refractivity contribution is -0.386. The van der Waals surface area contributed by atoms with E-state index in [1.807, 2.05) is 0 Å². The number of halogens is 2. The van der Waals surface area contributed by atoms with Crippen LogP contribution in [0.5, 0.6) is 5.75 Å². The van der Waals surface area contributed by atoms with Crippen LogP contribution in [0, 0.1) is 21.3 Å². The van der Waals surface area contributed by atoms with E-state index < -0.39 is 10.7 Å². The molecule has 1 aromatic rings. The third kappa shape index (κ3) is 2.01. The maximum absolute atomic E-state index is 13.9. The minimum absolute atomic E-state index is 0.0240. The van der Waals surface area contributed by atoms with Crippen LogP contribution in [0.15, 0.2) is 18.2 Å². The van der Waals surface area contributed by atoms with Crippen molar-refractivity contribution in [1.82, 2.24) is 0 Å². The summed E-state index contributed by atoms with van der Waals surface area (Å²) in [6.07, 6.45) is 4.99. The summed E-state index contributed by atoms with van der Waals surface area (Å²) in [5.41, 5.74) is -0.271. The van der Waals surface area contributed by atoms with Gasteiger partial charge in [0.25, 0.3) is 0 Å². The maximum Gasteiger partial charge on any atom is 0.314 e. The fraction of sp³-hybridized carbons (Fsp3) is 0.571. The van der Waals surface area contributed by atoms with Crippen molar-refractivity contribution in [2.45, 2.75) is 43.0 Å². The van der Waals surface area contributed by atoms with Gasteiger partial charge in [-0.3, -0.25) is 10.1 Å². The van der Waals surface area contributed by atoms with Crippen molar-refractivity contribution in [3.8, 4) is 5.75 Å². The summed E-state index contributed by atoms with van der Waals surface area (Å²) < 4.78 is 19.6. The zero-order valence-corrected chi connectivity index (χ0v) is 12.4. The van der Waals surface area contributed by atoms with Gasteiger partial charge in [-0.15, -0.1) is 0 Å². The topological polar surface area (TPSA) is 52.4 Å². The van der Waals surface area contributed by atoms with Crippen molar-refractivity contribution in [2.75, 3.05) is 0 Å². The Kier molecular flexibility index (Phi) is 3.44. The van der Waals surface area contributed by atoms with E-state index in [4.69, 9.17) is 4.74 Å².